The van der Waals surface area contributed by atoms with Crippen LogP contribution in [0.4, 0.5) is 5.82 Å². The molecule has 0 aliphatic carbocycles. The second-order valence-electron chi connectivity index (χ2n) is 5.33. The van der Waals surface area contributed by atoms with Crippen LogP contribution in [0.15, 0.2) is 34.9 Å². The summed E-state index contributed by atoms with van der Waals surface area (Å²) in [6.45, 7) is 4.50. The van der Waals surface area contributed by atoms with Crippen LogP contribution in [0.5, 0.6) is 0 Å². The number of hydrogen-bond acceptors (Lipinski definition) is 4. The third-order valence-corrected chi connectivity index (χ3v) is 3.81. The topological polar surface area (TPSA) is 58.4 Å². The Kier molecular flexibility index (Phi) is 5.57. The highest BCUT2D eigenvalue weighted by Crippen LogP contribution is 2.21. The number of aromatic nitrogens is 1. The standard InChI is InChI=1S/C16H20ClN3O2/c1-11-9-15(19-22-11)18-16(21)7-8-20(3)12(2)13-5-4-6-14(17)10-13/h4-6,9-10,12H,7-8H2,1-3H3,(H,18,19,21)/t12-/m1/s1. The first-order chi connectivity index (χ1) is 10.5. The van der Waals surface area contributed by atoms with Gasteiger partial charge in [-0.2, -0.15) is 0 Å². The van der Waals surface area contributed by atoms with Gasteiger partial charge in [0.15, 0.2) is 5.82 Å². The summed E-state index contributed by atoms with van der Waals surface area (Å²) in [4.78, 5) is 14.0. The van der Waals surface area contributed by atoms with Crippen molar-refractivity contribution < 1.29 is 9.32 Å². The highest BCUT2D eigenvalue weighted by atomic mass is 35.5. The summed E-state index contributed by atoms with van der Waals surface area (Å²) in [5.74, 6) is 1.04. The zero-order valence-electron chi connectivity index (χ0n) is 13.0. The summed E-state index contributed by atoms with van der Waals surface area (Å²) in [7, 11) is 1.99. The number of rotatable bonds is 6. The number of halogens is 1. The molecule has 1 amide bonds. The van der Waals surface area contributed by atoms with Crippen LogP contribution in [-0.2, 0) is 4.79 Å². The van der Waals surface area contributed by atoms with Gasteiger partial charge in [-0.1, -0.05) is 28.9 Å². The van der Waals surface area contributed by atoms with Crippen LogP contribution in [-0.4, -0.2) is 29.6 Å². The Morgan fingerprint density at radius 2 is 2.23 bits per heavy atom. The van der Waals surface area contributed by atoms with Crippen LogP contribution < -0.4 is 5.32 Å². The largest absolute Gasteiger partial charge is 0.360 e. The lowest BCUT2D eigenvalue weighted by Gasteiger charge is -2.24. The quantitative estimate of drug-likeness (QED) is 0.882. The fraction of sp³-hybridized carbons (Fsp3) is 0.375. The molecule has 0 fully saturated rings. The molecule has 1 aromatic heterocycles. The first-order valence-electron chi connectivity index (χ1n) is 7.14. The van der Waals surface area contributed by atoms with Crippen LogP contribution in [0.1, 0.15) is 30.7 Å². The van der Waals surface area contributed by atoms with Crippen molar-refractivity contribution >= 4 is 23.3 Å². The van der Waals surface area contributed by atoms with E-state index in [-0.39, 0.29) is 11.9 Å². The smallest absolute Gasteiger partial charge is 0.226 e. The van der Waals surface area contributed by atoms with Crippen molar-refractivity contribution in [3.05, 3.63) is 46.7 Å². The molecular formula is C16H20ClN3O2. The van der Waals surface area contributed by atoms with Gasteiger partial charge < -0.3 is 9.84 Å². The number of benzene rings is 1. The number of anilines is 1. The lowest BCUT2D eigenvalue weighted by molar-refractivity contribution is -0.116. The number of hydrogen-bond donors (Lipinski definition) is 1. The lowest BCUT2D eigenvalue weighted by Crippen LogP contribution is -2.27. The zero-order valence-corrected chi connectivity index (χ0v) is 13.7. The Hall–Kier alpha value is -1.85. The zero-order chi connectivity index (χ0) is 16.1. The van der Waals surface area contributed by atoms with Gasteiger partial charge in [-0.3, -0.25) is 9.69 Å². The van der Waals surface area contributed by atoms with Gasteiger partial charge in [-0.05, 0) is 38.6 Å². The Morgan fingerprint density at radius 1 is 1.45 bits per heavy atom. The van der Waals surface area contributed by atoms with E-state index in [9.17, 15) is 4.79 Å². The molecule has 0 bridgehead atoms. The van der Waals surface area contributed by atoms with E-state index in [4.69, 9.17) is 16.1 Å². The fourth-order valence-corrected chi connectivity index (χ4v) is 2.32. The maximum atomic E-state index is 11.9. The minimum absolute atomic E-state index is 0.0848. The van der Waals surface area contributed by atoms with E-state index in [0.717, 1.165) is 10.6 Å². The average Bonchev–Trinajstić information content (AvgIpc) is 2.89. The Balaban J connectivity index is 1.84. The third kappa shape index (κ3) is 4.58. The Labute approximate surface area is 135 Å². The van der Waals surface area contributed by atoms with Crippen LogP contribution in [0.25, 0.3) is 0 Å². The monoisotopic (exact) mass is 321 g/mol. The van der Waals surface area contributed by atoms with E-state index in [1.807, 2.05) is 31.3 Å². The molecule has 22 heavy (non-hydrogen) atoms. The number of carbonyl (C=O) groups is 1. The molecule has 1 heterocycles. The molecule has 1 aromatic carbocycles. The number of nitrogens with one attached hydrogen (secondary N) is 1. The van der Waals surface area contributed by atoms with Gasteiger partial charge in [0.2, 0.25) is 5.91 Å². The molecule has 0 saturated heterocycles. The van der Waals surface area contributed by atoms with Crippen LogP contribution in [0.2, 0.25) is 5.02 Å². The summed E-state index contributed by atoms with van der Waals surface area (Å²) < 4.78 is 4.91. The maximum Gasteiger partial charge on any atom is 0.226 e. The first-order valence-corrected chi connectivity index (χ1v) is 7.52. The van der Waals surface area contributed by atoms with Crippen LogP contribution in [0.3, 0.4) is 0 Å². The SMILES string of the molecule is Cc1cc(NC(=O)CCN(C)[C@H](C)c2cccc(Cl)c2)no1. The van der Waals surface area contributed by atoms with Crippen molar-refractivity contribution in [1.29, 1.82) is 0 Å². The second kappa shape index (κ2) is 7.42. The predicted molar refractivity (Wildman–Crippen MR) is 87.0 cm³/mol. The minimum atomic E-state index is -0.0848. The molecule has 2 aromatic rings. The van der Waals surface area contributed by atoms with Gasteiger partial charge in [0, 0.05) is 30.1 Å². The molecule has 0 saturated carbocycles. The maximum absolute atomic E-state index is 11.9. The number of aryl methyl sites for hydroxylation is 1. The molecule has 0 aliphatic rings. The summed E-state index contributed by atoms with van der Waals surface area (Å²) >= 11 is 6.01. The molecular weight excluding hydrogens is 302 g/mol. The summed E-state index contributed by atoms with van der Waals surface area (Å²) in [5, 5.41) is 7.17. The second-order valence-corrected chi connectivity index (χ2v) is 5.77. The van der Waals surface area contributed by atoms with Crippen LogP contribution >= 0.6 is 11.6 Å². The van der Waals surface area contributed by atoms with Gasteiger partial charge in [0.1, 0.15) is 5.76 Å². The number of nitrogens with zero attached hydrogens (tertiary/aromatic N) is 2. The molecule has 0 aliphatic heterocycles. The highest BCUT2D eigenvalue weighted by molar-refractivity contribution is 6.30. The molecule has 1 N–H and O–H groups in total. The molecule has 118 valence electrons. The molecule has 2 rings (SSSR count). The minimum Gasteiger partial charge on any atom is -0.360 e. The lowest BCUT2D eigenvalue weighted by atomic mass is 10.1. The van der Waals surface area contributed by atoms with E-state index < -0.39 is 0 Å². The molecule has 6 heteroatoms. The van der Waals surface area contributed by atoms with E-state index >= 15 is 0 Å². The predicted octanol–water partition coefficient (Wildman–Crippen LogP) is 3.66. The summed E-state index contributed by atoms with van der Waals surface area (Å²) in [5.41, 5.74) is 1.13. The Bertz CT molecular complexity index is 642. The normalized spacial score (nSPS) is 12.4. The average molecular weight is 322 g/mol. The van der Waals surface area contributed by atoms with Gasteiger partial charge in [0.25, 0.3) is 0 Å². The Morgan fingerprint density at radius 3 is 2.86 bits per heavy atom. The van der Waals surface area contributed by atoms with Crippen molar-refractivity contribution in [3.63, 3.8) is 0 Å². The van der Waals surface area contributed by atoms with E-state index in [2.05, 4.69) is 22.3 Å². The number of carbonyl (C=O) groups excluding carboxylic acids is 1. The third-order valence-electron chi connectivity index (χ3n) is 3.58. The molecule has 0 spiro atoms. The molecule has 1 atom stereocenters. The van der Waals surface area contributed by atoms with Gasteiger partial charge >= 0.3 is 0 Å². The van der Waals surface area contributed by atoms with Crippen molar-refractivity contribution in [3.8, 4) is 0 Å². The fourth-order valence-electron chi connectivity index (χ4n) is 2.12. The van der Waals surface area contributed by atoms with Crippen molar-refractivity contribution in [2.24, 2.45) is 0 Å². The van der Waals surface area contributed by atoms with Crippen molar-refractivity contribution in [1.82, 2.24) is 10.1 Å². The first kappa shape index (κ1) is 16.5. The van der Waals surface area contributed by atoms with E-state index in [1.165, 1.54) is 0 Å². The van der Waals surface area contributed by atoms with E-state index in [0.29, 0.717) is 24.5 Å². The molecule has 0 radical (unpaired) electrons. The van der Waals surface area contributed by atoms with Gasteiger partial charge in [-0.25, -0.2) is 0 Å². The van der Waals surface area contributed by atoms with E-state index in [1.54, 1.807) is 13.0 Å². The van der Waals surface area contributed by atoms with Gasteiger partial charge in [-0.15, -0.1) is 0 Å². The highest BCUT2D eigenvalue weighted by Gasteiger charge is 2.14. The summed E-state index contributed by atoms with van der Waals surface area (Å²) in [6, 6.07) is 9.63. The molecule has 0 unspecified atom stereocenters. The summed E-state index contributed by atoms with van der Waals surface area (Å²) in [6.07, 6.45) is 0.382. The van der Waals surface area contributed by atoms with Gasteiger partial charge in [0.05, 0.1) is 0 Å². The number of amides is 1. The van der Waals surface area contributed by atoms with Crippen molar-refractivity contribution in [2.75, 3.05) is 18.9 Å². The van der Waals surface area contributed by atoms with Crippen LogP contribution in [0, 0.1) is 6.92 Å². The molecule has 5 nitrogen and oxygen atoms in total. The van der Waals surface area contributed by atoms with Crippen molar-refractivity contribution in [2.45, 2.75) is 26.3 Å².